The van der Waals surface area contributed by atoms with Crippen LogP contribution in [0.15, 0.2) is 57.1 Å². The fourth-order valence-electron chi connectivity index (χ4n) is 3.67. The molecule has 3 aromatic rings. The van der Waals surface area contributed by atoms with Gasteiger partial charge in [-0.1, -0.05) is 18.9 Å². The van der Waals surface area contributed by atoms with Crippen molar-refractivity contribution in [3.05, 3.63) is 63.1 Å². The summed E-state index contributed by atoms with van der Waals surface area (Å²) in [5.74, 6) is 0.845. The van der Waals surface area contributed by atoms with Crippen LogP contribution in [0, 0.1) is 5.92 Å². The van der Waals surface area contributed by atoms with Crippen molar-refractivity contribution >= 4 is 28.2 Å². The molecule has 27 heavy (non-hydrogen) atoms. The molecule has 1 aliphatic rings. The maximum atomic E-state index is 12.5. The van der Waals surface area contributed by atoms with Crippen molar-refractivity contribution in [1.82, 2.24) is 5.32 Å². The first-order chi connectivity index (χ1) is 13.2. The van der Waals surface area contributed by atoms with Gasteiger partial charge in [0.2, 0.25) is 0 Å². The Bertz CT molecular complexity index is 973. The number of benzene rings is 1. The van der Waals surface area contributed by atoms with E-state index in [0.29, 0.717) is 17.3 Å². The third-order valence-electron chi connectivity index (χ3n) is 5.00. The number of hydrogen-bond donors (Lipinski definition) is 1. The lowest BCUT2D eigenvalue weighted by Crippen LogP contribution is -2.35. The summed E-state index contributed by atoms with van der Waals surface area (Å²) in [7, 11) is 0. The fourth-order valence-corrected chi connectivity index (χ4v) is 4.54. The zero-order valence-electron chi connectivity index (χ0n) is 14.9. The highest BCUT2D eigenvalue weighted by Gasteiger charge is 2.28. The van der Waals surface area contributed by atoms with E-state index in [4.69, 9.17) is 9.15 Å². The number of ether oxygens (including phenoxy) is 1. The molecule has 2 heterocycles. The van der Waals surface area contributed by atoms with Crippen LogP contribution in [0.1, 0.15) is 36.6 Å². The summed E-state index contributed by atoms with van der Waals surface area (Å²) in [5.41, 5.74) is 0.0376. The van der Waals surface area contributed by atoms with E-state index in [0.717, 1.165) is 18.2 Å². The molecule has 6 heteroatoms. The second-order valence-electron chi connectivity index (χ2n) is 6.85. The third-order valence-corrected chi connectivity index (χ3v) is 5.96. The highest BCUT2D eigenvalue weighted by molar-refractivity contribution is 7.10. The van der Waals surface area contributed by atoms with Crippen LogP contribution >= 0.6 is 11.3 Å². The summed E-state index contributed by atoms with van der Waals surface area (Å²) in [6, 6.07) is 12.4. The summed E-state index contributed by atoms with van der Waals surface area (Å²) in [6.07, 6.45) is 4.74. The molecule has 0 spiro atoms. The molecule has 1 aromatic carbocycles. The van der Waals surface area contributed by atoms with Crippen LogP contribution in [0.3, 0.4) is 0 Å². The molecule has 1 aliphatic carbocycles. The van der Waals surface area contributed by atoms with Gasteiger partial charge in [0.1, 0.15) is 11.3 Å². The lowest BCUT2D eigenvalue weighted by atomic mass is 9.96. The first-order valence-corrected chi connectivity index (χ1v) is 10.1. The third kappa shape index (κ3) is 4.22. The van der Waals surface area contributed by atoms with Gasteiger partial charge >= 0.3 is 5.63 Å². The fraction of sp³-hybridized carbons (Fsp3) is 0.333. The van der Waals surface area contributed by atoms with E-state index in [1.54, 1.807) is 35.6 Å². The van der Waals surface area contributed by atoms with E-state index in [-0.39, 0.29) is 18.6 Å². The monoisotopic (exact) mass is 383 g/mol. The van der Waals surface area contributed by atoms with E-state index in [1.165, 1.54) is 23.8 Å². The van der Waals surface area contributed by atoms with Gasteiger partial charge < -0.3 is 14.5 Å². The van der Waals surface area contributed by atoms with Gasteiger partial charge in [-0.3, -0.25) is 4.79 Å². The molecule has 4 rings (SSSR count). The summed E-state index contributed by atoms with van der Waals surface area (Å²) in [6.45, 7) is -0.0723. The Hall–Kier alpha value is -2.60. The van der Waals surface area contributed by atoms with Crippen LogP contribution < -0.4 is 15.7 Å². The van der Waals surface area contributed by atoms with Gasteiger partial charge in [-0.2, -0.15) is 0 Å². The van der Waals surface area contributed by atoms with Crippen LogP contribution in [0.25, 0.3) is 11.0 Å². The van der Waals surface area contributed by atoms with Crippen LogP contribution in [0.2, 0.25) is 0 Å². The molecule has 5 nitrogen and oxygen atoms in total. The minimum Gasteiger partial charge on any atom is -0.484 e. The number of hydrogen-bond acceptors (Lipinski definition) is 5. The molecule has 0 radical (unpaired) electrons. The Morgan fingerprint density at radius 3 is 2.81 bits per heavy atom. The summed E-state index contributed by atoms with van der Waals surface area (Å²) in [4.78, 5) is 25.0. The van der Waals surface area contributed by atoms with E-state index >= 15 is 0 Å². The Morgan fingerprint density at radius 1 is 1.22 bits per heavy atom. The van der Waals surface area contributed by atoms with Crippen LogP contribution in [-0.4, -0.2) is 12.5 Å². The highest BCUT2D eigenvalue weighted by Crippen LogP contribution is 2.37. The second kappa shape index (κ2) is 7.96. The maximum Gasteiger partial charge on any atom is 0.336 e. The van der Waals surface area contributed by atoms with Crippen molar-refractivity contribution in [2.75, 3.05) is 6.61 Å². The van der Waals surface area contributed by atoms with E-state index in [9.17, 15) is 9.59 Å². The maximum absolute atomic E-state index is 12.5. The van der Waals surface area contributed by atoms with Crippen molar-refractivity contribution < 1.29 is 13.9 Å². The molecule has 1 atom stereocenters. The second-order valence-corrected chi connectivity index (χ2v) is 7.83. The summed E-state index contributed by atoms with van der Waals surface area (Å²) in [5, 5.41) is 6.01. The molecule has 0 bridgehead atoms. The van der Waals surface area contributed by atoms with Crippen molar-refractivity contribution in [3.63, 3.8) is 0 Å². The average molecular weight is 383 g/mol. The quantitative estimate of drug-likeness (QED) is 0.645. The number of amides is 1. The highest BCUT2D eigenvalue weighted by atomic mass is 32.1. The Morgan fingerprint density at radius 2 is 2.04 bits per heavy atom. The first kappa shape index (κ1) is 17.8. The zero-order chi connectivity index (χ0) is 18.6. The van der Waals surface area contributed by atoms with Gasteiger partial charge in [-0.25, -0.2) is 4.79 Å². The number of nitrogens with one attached hydrogen (secondary N) is 1. The van der Waals surface area contributed by atoms with Gasteiger partial charge in [0, 0.05) is 22.4 Å². The van der Waals surface area contributed by atoms with Crippen LogP contribution in [0.4, 0.5) is 0 Å². The predicted octanol–water partition coefficient (Wildman–Crippen LogP) is 4.28. The van der Waals surface area contributed by atoms with E-state index < -0.39 is 5.63 Å². The molecule has 1 N–H and O–H groups in total. The first-order valence-electron chi connectivity index (χ1n) is 9.18. The molecule has 1 amide bonds. The van der Waals surface area contributed by atoms with E-state index in [1.807, 2.05) is 11.4 Å². The molecular formula is C21H21NO4S. The minimum atomic E-state index is -0.409. The SMILES string of the molecule is O=C(COc1ccc2ccc(=O)oc2c1)NC(c1cccs1)C1CCCC1. The lowest BCUT2D eigenvalue weighted by Gasteiger charge is -2.23. The largest absolute Gasteiger partial charge is 0.484 e. The molecule has 1 saturated carbocycles. The number of thiophene rings is 1. The predicted molar refractivity (Wildman–Crippen MR) is 105 cm³/mol. The van der Waals surface area contributed by atoms with Crippen molar-refractivity contribution in [2.24, 2.45) is 5.92 Å². The average Bonchev–Trinajstić information content (AvgIpc) is 3.38. The molecule has 0 saturated heterocycles. The lowest BCUT2D eigenvalue weighted by molar-refractivity contribution is -0.124. The normalized spacial score (nSPS) is 15.7. The van der Waals surface area contributed by atoms with Gasteiger partial charge in [0.25, 0.3) is 5.91 Å². The summed E-state index contributed by atoms with van der Waals surface area (Å²) < 4.78 is 10.8. The number of carbonyl (C=O) groups is 1. The molecule has 0 aliphatic heterocycles. The number of rotatable bonds is 6. The van der Waals surface area contributed by atoms with Crippen LogP contribution in [-0.2, 0) is 4.79 Å². The van der Waals surface area contributed by atoms with Gasteiger partial charge in [-0.15, -0.1) is 11.3 Å². The summed E-state index contributed by atoms with van der Waals surface area (Å²) >= 11 is 1.68. The van der Waals surface area contributed by atoms with E-state index in [2.05, 4.69) is 11.4 Å². The van der Waals surface area contributed by atoms with Gasteiger partial charge in [0.15, 0.2) is 6.61 Å². The van der Waals surface area contributed by atoms with Crippen molar-refractivity contribution in [3.8, 4) is 5.75 Å². The molecule has 1 fully saturated rings. The Kier molecular flexibility index (Phi) is 5.25. The Labute approximate surface area is 161 Å². The molecule has 1 unspecified atom stereocenters. The van der Waals surface area contributed by atoms with Crippen molar-refractivity contribution in [1.29, 1.82) is 0 Å². The Balaban J connectivity index is 1.41. The zero-order valence-corrected chi connectivity index (χ0v) is 15.7. The van der Waals surface area contributed by atoms with Crippen LogP contribution in [0.5, 0.6) is 5.75 Å². The van der Waals surface area contributed by atoms with Gasteiger partial charge in [0.05, 0.1) is 6.04 Å². The molecular weight excluding hydrogens is 362 g/mol. The number of carbonyl (C=O) groups excluding carboxylic acids is 1. The number of fused-ring (bicyclic) bond motifs is 1. The van der Waals surface area contributed by atoms with Crippen molar-refractivity contribution in [2.45, 2.75) is 31.7 Å². The molecule has 2 aromatic heterocycles. The topological polar surface area (TPSA) is 68.5 Å². The smallest absolute Gasteiger partial charge is 0.336 e. The standard InChI is InChI=1S/C21H21NO4S/c23-19(22-21(15-4-1-2-5-15)18-6-3-11-27-18)13-25-16-9-7-14-8-10-20(24)26-17(14)12-16/h3,6-12,15,21H,1-2,4-5,13H2,(H,22,23). The van der Waals surface area contributed by atoms with Gasteiger partial charge in [-0.05, 0) is 48.4 Å². The molecule has 140 valence electrons. The minimum absolute atomic E-state index is 0.0539.